The Kier molecular flexibility index (Phi) is 5.72. The van der Waals surface area contributed by atoms with E-state index in [1.54, 1.807) is 6.33 Å². The Labute approximate surface area is 131 Å². The van der Waals surface area contributed by atoms with Gasteiger partial charge >= 0.3 is 0 Å². The highest BCUT2D eigenvalue weighted by molar-refractivity contribution is 5.78. The molecule has 1 aromatic carbocycles. The van der Waals surface area contributed by atoms with Gasteiger partial charge in [0.1, 0.15) is 0 Å². The molecule has 5 heteroatoms. The predicted octanol–water partition coefficient (Wildman–Crippen LogP) is 2.18. The fourth-order valence-electron chi connectivity index (χ4n) is 2.32. The quantitative estimate of drug-likeness (QED) is 0.824. The number of carbonyl (C=O) groups excluding carboxylic acids is 1. The molecule has 118 valence electrons. The zero-order valence-corrected chi connectivity index (χ0v) is 13.5. The molecular weight excluding hydrogens is 276 g/mol. The number of aryl methyl sites for hydroxylation is 2. The van der Waals surface area contributed by atoms with E-state index >= 15 is 0 Å². The van der Waals surface area contributed by atoms with Crippen molar-refractivity contribution < 1.29 is 4.79 Å². The van der Waals surface area contributed by atoms with Crippen LogP contribution in [-0.2, 0) is 17.9 Å². The molecule has 0 unspecified atom stereocenters. The summed E-state index contributed by atoms with van der Waals surface area (Å²) in [5.74, 6) is -0.00404. The molecule has 2 aromatic rings. The molecule has 0 aliphatic heterocycles. The van der Waals surface area contributed by atoms with Gasteiger partial charge in [0, 0.05) is 19.3 Å². The minimum atomic E-state index is -0.00404. The molecule has 0 spiro atoms. The number of nitrogens with zero attached hydrogens (tertiary/aromatic N) is 2. The molecule has 0 saturated heterocycles. The van der Waals surface area contributed by atoms with Gasteiger partial charge in [-0.1, -0.05) is 29.8 Å². The van der Waals surface area contributed by atoms with Crippen LogP contribution in [0, 0.1) is 6.92 Å². The summed E-state index contributed by atoms with van der Waals surface area (Å²) >= 11 is 0. The summed E-state index contributed by atoms with van der Waals surface area (Å²) in [7, 11) is 0. The van der Waals surface area contributed by atoms with Gasteiger partial charge in [-0.25, -0.2) is 4.98 Å². The second-order valence-electron chi connectivity index (χ2n) is 5.47. The summed E-state index contributed by atoms with van der Waals surface area (Å²) in [6.07, 6.45) is 3.62. The molecule has 2 rings (SSSR count). The molecule has 0 fully saturated rings. The Morgan fingerprint density at radius 1 is 1.32 bits per heavy atom. The van der Waals surface area contributed by atoms with Gasteiger partial charge in [-0.2, -0.15) is 0 Å². The number of hydrogen-bond acceptors (Lipinski definition) is 3. The van der Waals surface area contributed by atoms with E-state index in [9.17, 15) is 4.79 Å². The second-order valence-corrected chi connectivity index (χ2v) is 5.47. The highest BCUT2D eigenvalue weighted by Crippen LogP contribution is 2.12. The lowest BCUT2D eigenvalue weighted by Gasteiger charge is -2.15. The summed E-state index contributed by atoms with van der Waals surface area (Å²) in [6, 6.07) is 8.22. The highest BCUT2D eigenvalue weighted by atomic mass is 16.1. The first kappa shape index (κ1) is 16.2. The summed E-state index contributed by atoms with van der Waals surface area (Å²) < 4.78 is 2.06. The van der Waals surface area contributed by atoms with Crippen molar-refractivity contribution in [2.75, 3.05) is 6.54 Å². The third-order valence-electron chi connectivity index (χ3n) is 3.69. The average molecular weight is 300 g/mol. The van der Waals surface area contributed by atoms with E-state index in [4.69, 9.17) is 0 Å². The first-order valence-corrected chi connectivity index (χ1v) is 7.65. The van der Waals surface area contributed by atoms with Crippen molar-refractivity contribution in [2.24, 2.45) is 0 Å². The van der Waals surface area contributed by atoms with Crippen LogP contribution in [0.5, 0.6) is 0 Å². The van der Waals surface area contributed by atoms with Crippen LogP contribution in [0.2, 0.25) is 0 Å². The van der Waals surface area contributed by atoms with Gasteiger partial charge in [0.2, 0.25) is 5.91 Å². The Balaban J connectivity index is 1.77. The summed E-state index contributed by atoms with van der Waals surface area (Å²) in [5.41, 5.74) is 3.42. The summed E-state index contributed by atoms with van der Waals surface area (Å²) in [5, 5.41) is 6.16. The third-order valence-corrected chi connectivity index (χ3v) is 3.69. The molecule has 0 radical (unpaired) electrons. The van der Waals surface area contributed by atoms with Crippen molar-refractivity contribution in [3.05, 3.63) is 53.6 Å². The molecule has 1 aromatic heterocycles. The van der Waals surface area contributed by atoms with Gasteiger partial charge in [0.25, 0.3) is 0 Å². The van der Waals surface area contributed by atoms with Crippen LogP contribution in [0.25, 0.3) is 0 Å². The van der Waals surface area contributed by atoms with Crippen molar-refractivity contribution >= 4 is 5.91 Å². The minimum Gasteiger partial charge on any atom is -0.348 e. The fraction of sp³-hybridized carbons (Fsp3) is 0.412. The topological polar surface area (TPSA) is 59.0 Å². The van der Waals surface area contributed by atoms with E-state index in [1.165, 1.54) is 5.56 Å². The summed E-state index contributed by atoms with van der Waals surface area (Å²) in [6.45, 7) is 7.94. The van der Waals surface area contributed by atoms with Crippen molar-refractivity contribution in [1.82, 2.24) is 20.2 Å². The number of amides is 1. The molecule has 0 aliphatic rings. The maximum Gasteiger partial charge on any atom is 0.234 e. The number of nitrogens with one attached hydrogen (secondary N) is 2. The van der Waals surface area contributed by atoms with Crippen LogP contribution in [0.3, 0.4) is 0 Å². The molecule has 1 amide bonds. The van der Waals surface area contributed by atoms with Crippen LogP contribution in [-0.4, -0.2) is 22.0 Å². The minimum absolute atomic E-state index is 0.00404. The van der Waals surface area contributed by atoms with Gasteiger partial charge in [-0.05, 0) is 26.3 Å². The highest BCUT2D eigenvalue weighted by Gasteiger charge is 2.09. The molecule has 0 bridgehead atoms. The smallest absolute Gasteiger partial charge is 0.234 e. The van der Waals surface area contributed by atoms with Gasteiger partial charge in [-0.3, -0.25) is 4.79 Å². The van der Waals surface area contributed by atoms with E-state index in [0.717, 1.165) is 17.8 Å². The maximum atomic E-state index is 12.0. The summed E-state index contributed by atoms with van der Waals surface area (Å²) in [4.78, 5) is 16.1. The van der Waals surface area contributed by atoms with E-state index in [0.29, 0.717) is 13.1 Å². The molecule has 0 saturated carbocycles. The van der Waals surface area contributed by atoms with Crippen LogP contribution >= 0.6 is 0 Å². The van der Waals surface area contributed by atoms with Crippen LogP contribution in [0.1, 0.15) is 36.7 Å². The number of rotatable bonds is 7. The van der Waals surface area contributed by atoms with E-state index in [-0.39, 0.29) is 11.9 Å². The van der Waals surface area contributed by atoms with Crippen molar-refractivity contribution in [1.29, 1.82) is 0 Å². The zero-order valence-electron chi connectivity index (χ0n) is 13.5. The monoisotopic (exact) mass is 300 g/mol. The van der Waals surface area contributed by atoms with Gasteiger partial charge in [0.15, 0.2) is 0 Å². The molecule has 22 heavy (non-hydrogen) atoms. The first-order valence-electron chi connectivity index (χ1n) is 7.65. The Bertz CT molecular complexity index is 603. The van der Waals surface area contributed by atoms with Crippen molar-refractivity contribution in [3.8, 4) is 0 Å². The van der Waals surface area contributed by atoms with Crippen LogP contribution in [0.15, 0.2) is 36.8 Å². The second kappa shape index (κ2) is 7.75. The normalized spacial score (nSPS) is 12.1. The molecule has 0 aliphatic carbocycles. The number of carbonyl (C=O) groups is 1. The molecule has 1 atom stereocenters. The molecular formula is C17H24N4O. The van der Waals surface area contributed by atoms with Crippen molar-refractivity contribution in [3.63, 3.8) is 0 Å². The number of aromatic nitrogens is 2. The molecule has 1 heterocycles. The zero-order chi connectivity index (χ0) is 15.9. The fourth-order valence-corrected chi connectivity index (χ4v) is 2.32. The third kappa shape index (κ3) is 4.43. The van der Waals surface area contributed by atoms with Gasteiger partial charge in [-0.15, -0.1) is 0 Å². The average Bonchev–Trinajstić information content (AvgIpc) is 2.95. The van der Waals surface area contributed by atoms with Gasteiger partial charge < -0.3 is 15.2 Å². The molecule has 5 nitrogen and oxygen atoms in total. The lowest BCUT2D eigenvalue weighted by molar-refractivity contribution is -0.120. The Hall–Kier alpha value is -2.14. The predicted molar refractivity (Wildman–Crippen MR) is 87.3 cm³/mol. The maximum absolute atomic E-state index is 12.0. The Morgan fingerprint density at radius 3 is 2.73 bits per heavy atom. The van der Waals surface area contributed by atoms with Crippen molar-refractivity contribution in [2.45, 2.75) is 39.9 Å². The van der Waals surface area contributed by atoms with Crippen LogP contribution < -0.4 is 10.6 Å². The van der Waals surface area contributed by atoms with Crippen LogP contribution in [0.4, 0.5) is 0 Å². The first-order chi connectivity index (χ1) is 10.6. The largest absolute Gasteiger partial charge is 0.348 e. The SMILES string of the molecule is CCn1cncc1CNCC(=O)N[C@@H](C)c1ccc(C)cc1. The lowest BCUT2D eigenvalue weighted by Crippen LogP contribution is -2.35. The van der Waals surface area contributed by atoms with E-state index in [1.807, 2.05) is 25.3 Å². The lowest BCUT2D eigenvalue weighted by atomic mass is 10.1. The Morgan fingerprint density at radius 2 is 2.05 bits per heavy atom. The van der Waals surface area contributed by atoms with E-state index < -0.39 is 0 Å². The molecule has 2 N–H and O–H groups in total. The number of benzene rings is 1. The van der Waals surface area contributed by atoms with E-state index in [2.05, 4.69) is 46.2 Å². The standard InChI is InChI=1S/C17H24N4O/c1-4-21-12-19-10-16(21)9-18-11-17(22)20-14(3)15-7-5-13(2)6-8-15/h5-8,10,12,14,18H,4,9,11H2,1-3H3,(H,20,22)/t14-/m0/s1. The number of imidazole rings is 1. The number of hydrogen-bond donors (Lipinski definition) is 2. The van der Waals surface area contributed by atoms with Gasteiger partial charge in [0.05, 0.1) is 24.6 Å².